The summed E-state index contributed by atoms with van der Waals surface area (Å²) < 4.78 is 4.87. The molecule has 0 aromatic heterocycles. The second-order valence-corrected chi connectivity index (χ2v) is 3.53. The number of hydrogen-bond acceptors (Lipinski definition) is 3. The van der Waals surface area contributed by atoms with E-state index in [1.165, 1.54) is 4.90 Å². The fourth-order valence-corrected chi connectivity index (χ4v) is 1.72. The van der Waals surface area contributed by atoms with E-state index in [1.54, 1.807) is 0 Å². The molecule has 4 nitrogen and oxygen atoms in total. The lowest BCUT2D eigenvalue weighted by atomic mass is 10.1. The van der Waals surface area contributed by atoms with Crippen molar-refractivity contribution in [1.29, 1.82) is 0 Å². The molecule has 80 valence electrons. The number of rotatable bonds is 3. The van der Waals surface area contributed by atoms with Gasteiger partial charge in [0.1, 0.15) is 13.3 Å². The largest absolute Gasteiger partial charge is 0.447 e. The summed E-state index contributed by atoms with van der Waals surface area (Å²) in [5.41, 5.74) is 1.14. The molecule has 1 aliphatic heterocycles. The molecule has 1 atom stereocenters. The highest BCUT2D eigenvalue weighted by atomic mass is 16.6. The van der Waals surface area contributed by atoms with Gasteiger partial charge in [0, 0.05) is 0 Å². The zero-order valence-electron chi connectivity index (χ0n) is 8.30. The zero-order valence-corrected chi connectivity index (χ0v) is 8.30. The third-order valence-electron chi connectivity index (χ3n) is 2.54. The van der Waals surface area contributed by atoms with Crippen LogP contribution in [0.3, 0.4) is 0 Å². The van der Waals surface area contributed by atoms with Crippen LogP contribution in [0, 0.1) is 0 Å². The van der Waals surface area contributed by atoms with Gasteiger partial charge in [-0.1, -0.05) is 30.3 Å². The number of nitrogens with zero attached hydrogens (tertiary/aromatic N) is 1. The molecule has 2 rings (SSSR count). The Balaban J connectivity index is 2.04. The number of carbonyl (C=O) groups is 1. The fraction of sp³-hybridized carbons (Fsp3) is 0.364. The molecule has 1 aromatic carbocycles. The number of cyclic esters (lactones) is 1. The molecule has 0 saturated carbocycles. The standard InChI is InChI=1S/C11H13NO3/c13-8-12-10(7-15-11(12)14)6-9-4-2-1-3-5-9/h1-5,10,13H,6-8H2. The minimum atomic E-state index is -0.432. The highest BCUT2D eigenvalue weighted by Crippen LogP contribution is 2.15. The molecule has 15 heavy (non-hydrogen) atoms. The number of carbonyl (C=O) groups excluding carboxylic acids is 1. The lowest BCUT2D eigenvalue weighted by molar-refractivity contribution is 0.106. The zero-order chi connectivity index (χ0) is 10.7. The molecule has 1 amide bonds. The molecule has 1 fully saturated rings. The van der Waals surface area contributed by atoms with E-state index in [0.29, 0.717) is 13.0 Å². The number of aliphatic hydroxyl groups is 1. The minimum absolute atomic E-state index is 0.0510. The van der Waals surface area contributed by atoms with Crippen molar-refractivity contribution in [3.8, 4) is 0 Å². The van der Waals surface area contributed by atoms with Crippen molar-refractivity contribution in [2.75, 3.05) is 13.3 Å². The van der Waals surface area contributed by atoms with Gasteiger partial charge in [0.05, 0.1) is 6.04 Å². The predicted molar refractivity (Wildman–Crippen MR) is 54.2 cm³/mol. The van der Waals surface area contributed by atoms with Gasteiger partial charge in [-0.15, -0.1) is 0 Å². The van der Waals surface area contributed by atoms with Crippen LogP contribution in [0.2, 0.25) is 0 Å². The van der Waals surface area contributed by atoms with Crippen LogP contribution in [-0.4, -0.2) is 35.5 Å². The molecule has 0 bridgehead atoms. The van der Waals surface area contributed by atoms with Gasteiger partial charge in [-0.25, -0.2) is 4.79 Å². The summed E-state index contributed by atoms with van der Waals surface area (Å²) in [5.74, 6) is 0. The Hall–Kier alpha value is -1.55. The van der Waals surface area contributed by atoms with E-state index in [1.807, 2.05) is 30.3 Å². The van der Waals surface area contributed by atoms with Crippen LogP contribution in [0.15, 0.2) is 30.3 Å². The molecule has 0 spiro atoms. The normalized spacial score (nSPS) is 20.5. The van der Waals surface area contributed by atoms with Gasteiger partial charge in [-0.2, -0.15) is 0 Å². The number of amides is 1. The van der Waals surface area contributed by atoms with E-state index in [0.717, 1.165) is 5.56 Å². The van der Waals surface area contributed by atoms with Crippen LogP contribution in [0.4, 0.5) is 4.79 Å². The maximum atomic E-state index is 11.1. The van der Waals surface area contributed by atoms with E-state index >= 15 is 0 Å². The third-order valence-corrected chi connectivity index (χ3v) is 2.54. The van der Waals surface area contributed by atoms with Crippen LogP contribution < -0.4 is 0 Å². The maximum absolute atomic E-state index is 11.1. The predicted octanol–water partition coefficient (Wildman–Crippen LogP) is 1.000. The molecule has 4 heteroatoms. The summed E-state index contributed by atoms with van der Waals surface area (Å²) in [6.07, 6.45) is 0.283. The molecule has 1 unspecified atom stereocenters. The molecule has 1 saturated heterocycles. The van der Waals surface area contributed by atoms with Gasteiger partial charge in [0.25, 0.3) is 0 Å². The second-order valence-electron chi connectivity index (χ2n) is 3.53. The Morgan fingerprint density at radius 1 is 1.40 bits per heavy atom. The summed E-state index contributed by atoms with van der Waals surface area (Å²) in [4.78, 5) is 12.5. The highest BCUT2D eigenvalue weighted by molar-refractivity contribution is 5.69. The van der Waals surface area contributed by atoms with Gasteiger partial charge in [-0.05, 0) is 12.0 Å². The lowest BCUT2D eigenvalue weighted by Crippen LogP contribution is -2.35. The number of benzene rings is 1. The first-order valence-electron chi connectivity index (χ1n) is 4.89. The monoisotopic (exact) mass is 207 g/mol. The highest BCUT2D eigenvalue weighted by Gasteiger charge is 2.31. The number of hydrogen-bond donors (Lipinski definition) is 1. The van der Waals surface area contributed by atoms with Crippen molar-refractivity contribution < 1.29 is 14.6 Å². The van der Waals surface area contributed by atoms with Crippen molar-refractivity contribution in [3.05, 3.63) is 35.9 Å². The quantitative estimate of drug-likeness (QED) is 0.804. The maximum Gasteiger partial charge on any atom is 0.412 e. The first-order chi connectivity index (χ1) is 7.31. The average molecular weight is 207 g/mol. The van der Waals surface area contributed by atoms with Crippen LogP contribution in [0.1, 0.15) is 5.56 Å². The Bertz CT molecular complexity index is 339. The Labute approximate surface area is 88.1 Å². The van der Waals surface area contributed by atoms with E-state index in [9.17, 15) is 4.79 Å². The van der Waals surface area contributed by atoms with E-state index < -0.39 is 6.09 Å². The second kappa shape index (κ2) is 4.31. The minimum Gasteiger partial charge on any atom is -0.447 e. The van der Waals surface area contributed by atoms with Crippen LogP contribution in [0.25, 0.3) is 0 Å². The fourth-order valence-electron chi connectivity index (χ4n) is 1.72. The molecule has 1 heterocycles. The van der Waals surface area contributed by atoms with Crippen molar-refractivity contribution >= 4 is 6.09 Å². The lowest BCUT2D eigenvalue weighted by Gasteiger charge is -2.18. The topological polar surface area (TPSA) is 49.8 Å². The first-order valence-corrected chi connectivity index (χ1v) is 4.89. The molecular weight excluding hydrogens is 194 g/mol. The first kappa shape index (κ1) is 9.98. The number of aliphatic hydroxyl groups excluding tert-OH is 1. The molecule has 1 aromatic rings. The van der Waals surface area contributed by atoms with Crippen molar-refractivity contribution in [2.24, 2.45) is 0 Å². The molecule has 1 N–H and O–H groups in total. The van der Waals surface area contributed by atoms with Crippen molar-refractivity contribution in [2.45, 2.75) is 12.5 Å². The summed E-state index contributed by atoms with van der Waals surface area (Å²) >= 11 is 0. The molecule has 1 aliphatic rings. The summed E-state index contributed by atoms with van der Waals surface area (Å²) in [6, 6.07) is 9.80. The SMILES string of the molecule is O=C1OCC(Cc2ccccc2)N1CO. The van der Waals surface area contributed by atoms with Crippen LogP contribution in [0.5, 0.6) is 0 Å². The Kier molecular flexibility index (Phi) is 2.87. The number of ether oxygens (including phenoxy) is 1. The Morgan fingerprint density at radius 3 is 2.80 bits per heavy atom. The van der Waals surface area contributed by atoms with Crippen molar-refractivity contribution in [3.63, 3.8) is 0 Å². The van der Waals surface area contributed by atoms with Gasteiger partial charge < -0.3 is 9.84 Å². The summed E-state index contributed by atoms with van der Waals surface area (Å²) in [5, 5.41) is 9.01. The summed E-state index contributed by atoms with van der Waals surface area (Å²) in [7, 11) is 0. The summed E-state index contributed by atoms with van der Waals surface area (Å²) in [6.45, 7) is 0.0740. The van der Waals surface area contributed by atoms with Gasteiger partial charge in [0.2, 0.25) is 0 Å². The molecule has 0 aliphatic carbocycles. The van der Waals surface area contributed by atoms with E-state index in [-0.39, 0.29) is 12.8 Å². The molecular formula is C11H13NO3. The molecule has 0 radical (unpaired) electrons. The van der Waals surface area contributed by atoms with Gasteiger partial charge in [-0.3, -0.25) is 4.90 Å². The Morgan fingerprint density at radius 2 is 2.13 bits per heavy atom. The van der Waals surface area contributed by atoms with Crippen LogP contribution in [-0.2, 0) is 11.2 Å². The van der Waals surface area contributed by atoms with Crippen molar-refractivity contribution in [1.82, 2.24) is 4.90 Å². The van der Waals surface area contributed by atoms with Gasteiger partial charge >= 0.3 is 6.09 Å². The smallest absolute Gasteiger partial charge is 0.412 e. The van der Waals surface area contributed by atoms with E-state index in [4.69, 9.17) is 9.84 Å². The van der Waals surface area contributed by atoms with Gasteiger partial charge in [0.15, 0.2) is 0 Å². The third kappa shape index (κ3) is 2.10. The van der Waals surface area contributed by atoms with E-state index in [2.05, 4.69) is 0 Å². The average Bonchev–Trinajstić information content (AvgIpc) is 2.61. The van der Waals surface area contributed by atoms with Crippen LogP contribution >= 0.6 is 0 Å².